The Morgan fingerprint density at radius 3 is 2.80 bits per heavy atom. The molecule has 15 heavy (non-hydrogen) atoms. The number of carbonyl (C=O) groups excluding carboxylic acids is 1. The minimum absolute atomic E-state index is 0.246. The van der Waals surface area contributed by atoms with Crippen LogP contribution >= 0.6 is 0 Å². The summed E-state index contributed by atoms with van der Waals surface area (Å²) in [6, 6.07) is 0.605. The van der Waals surface area contributed by atoms with Crippen molar-refractivity contribution in [2.75, 3.05) is 26.2 Å². The molecule has 0 aromatic carbocycles. The van der Waals surface area contributed by atoms with E-state index in [-0.39, 0.29) is 6.03 Å². The Morgan fingerprint density at radius 1 is 1.40 bits per heavy atom. The maximum atomic E-state index is 12.2. The van der Waals surface area contributed by atoms with E-state index in [0.29, 0.717) is 18.1 Å². The summed E-state index contributed by atoms with van der Waals surface area (Å²) < 4.78 is 5.50. The van der Waals surface area contributed by atoms with Crippen LogP contribution < -0.4 is 0 Å². The molecule has 0 spiro atoms. The molecule has 3 aliphatic rings. The summed E-state index contributed by atoms with van der Waals surface area (Å²) >= 11 is 0. The van der Waals surface area contributed by atoms with Crippen LogP contribution in [0.1, 0.15) is 19.8 Å². The highest BCUT2D eigenvalue weighted by Gasteiger charge is 2.43. The zero-order valence-electron chi connectivity index (χ0n) is 9.19. The van der Waals surface area contributed by atoms with E-state index in [0.717, 1.165) is 39.1 Å². The van der Waals surface area contributed by atoms with Crippen molar-refractivity contribution in [3.8, 4) is 0 Å². The lowest BCUT2D eigenvalue weighted by atomic mass is 10.2. The standard InChI is InChI=1S/C11H18N2O2/c1-8-2-3-12(5-8)11(14)13-6-10-4-9(13)7-15-10/h8-10H,2-7H2,1H3. The molecule has 3 atom stereocenters. The Bertz CT molecular complexity index is 282. The number of hydrogen-bond acceptors (Lipinski definition) is 2. The second-order valence-corrected chi connectivity index (χ2v) is 5.12. The third kappa shape index (κ3) is 1.51. The first-order valence-corrected chi connectivity index (χ1v) is 5.91. The molecular weight excluding hydrogens is 192 g/mol. The molecule has 3 rings (SSSR count). The molecule has 0 aromatic heterocycles. The summed E-state index contributed by atoms with van der Waals surface area (Å²) in [6.45, 7) is 5.66. The van der Waals surface area contributed by atoms with Gasteiger partial charge in [-0.1, -0.05) is 6.92 Å². The van der Waals surface area contributed by atoms with Gasteiger partial charge >= 0.3 is 6.03 Å². The highest BCUT2D eigenvalue weighted by Crippen LogP contribution is 2.29. The Kier molecular flexibility index (Phi) is 2.12. The molecule has 3 unspecified atom stereocenters. The average molecular weight is 210 g/mol. The van der Waals surface area contributed by atoms with Crippen LogP contribution in [0.15, 0.2) is 0 Å². The van der Waals surface area contributed by atoms with Crippen molar-refractivity contribution in [3.63, 3.8) is 0 Å². The van der Waals surface area contributed by atoms with Crippen LogP contribution in [0.3, 0.4) is 0 Å². The molecule has 3 heterocycles. The van der Waals surface area contributed by atoms with Crippen molar-refractivity contribution in [2.45, 2.75) is 31.9 Å². The largest absolute Gasteiger partial charge is 0.374 e. The molecule has 3 fully saturated rings. The van der Waals surface area contributed by atoms with E-state index in [1.54, 1.807) is 0 Å². The smallest absolute Gasteiger partial charge is 0.320 e. The number of likely N-dealkylation sites (tertiary alicyclic amines) is 2. The highest BCUT2D eigenvalue weighted by atomic mass is 16.5. The molecule has 3 saturated heterocycles. The van der Waals surface area contributed by atoms with E-state index < -0.39 is 0 Å². The van der Waals surface area contributed by atoms with Crippen LogP contribution in [0, 0.1) is 5.92 Å². The molecule has 0 radical (unpaired) electrons. The molecule has 0 N–H and O–H groups in total. The van der Waals surface area contributed by atoms with Gasteiger partial charge < -0.3 is 14.5 Å². The van der Waals surface area contributed by atoms with Crippen molar-refractivity contribution in [1.82, 2.24) is 9.80 Å². The third-order valence-electron chi connectivity index (χ3n) is 3.84. The minimum atomic E-state index is 0.246. The summed E-state index contributed by atoms with van der Waals surface area (Å²) in [7, 11) is 0. The van der Waals surface area contributed by atoms with Crippen molar-refractivity contribution in [1.29, 1.82) is 0 Å². The summed E-state index contributed by atoms with van der Waals surface area (Å²) in [6.07, 6.45) is 2.53. The Morgan fingerprint density at radius 2 is 2.27 bits per heavy atom. The monoisotopic (exact) mass is 210 g/mol. The highest BCUT2D eigenvalue weighted by molar-refractivity contribution is 5.75. The Balaban J connectivity index is 1.65. The van der Waals surface area contributed by atoms with Gasteiger partial charge in [0, 0.05) is 19.6 Å². The fourth-order valence-electron chi connectivity index (χ4n) is 2.92. The fraction of sp³-hybridized carbons (Fsp3) is 0.909. The van der Waals surface area contributed by atoms with Crippen LogP contribution in [-0.4, -0.2) is 54.2 Å². The van der Waals surface area contributed by atoms with Gasteiger partial charge in [-0.3, -0.25) is 0 Å². The number of hydrogen-bond donors (Lipinski definition) is 0. The van der Waals surface area contributed by atoms with Gasteiger partial charge in [-0.25, -0.2) is 4.79 Å². The topological polar surface area (TPSA) is 32.8 Å². The number of fused-ring (bicyclic) bond motifs is 2. The van der Waals surface area contributed by atoms with Gasteiger partial charge in [-0.2, -0.15) is 0 Å². The predicted octanol–water partition coefficient (Wildman–Crippen LogP) is 0.921. The van der Waals surface area contributed by atoms with Crippen LogP contribution in [-0.2, 0) is 4.74 Å². The second kappa shape index (κ2) is 3.37. The van der Waals surface area contributed by atoms with E-state index in [4.69, 9.17) is 4.74 Å². The quantitative estimate of drug-likeness (QED) is 0.595. The molecule has 2 amide bonds. The Hall–Kier alpha value is -0.770. The van der Waals surface area contributed by atoms with Crippen molar-refractivity contribution >= 4 is 6.03 Å². The molecule has 4 heteroatoms. The van der Waals surface area contributed by atoms with Gasteiger partial charge in [0.2, 0.25) is 0 Å². The zero-order chi connectivity index (χ0) is 10.4. The van der Waals surface area contributed by atoms with Crippen molar-refractivity contribution < 1.29 is 9.53 Å². The van der Waals surface area contributed by atoms with E-state index >= 15 is 0 Å². The van der Waals surface area contributed by atoms with Crippen LogP contribution in [0.4, 0.5) is 4.79 Å². The normalized spacial score (nSPS) is 39.1. The molecule has 0 aromatic rings. The van der Waals surface area contributed by atoms with E-state index in [1.807, 2.05) is 9.80 Å². The maximum Gasteiger partial charge on any atom is 0.320 e. The van der Waals surface area contributed by atoms with E-state index in [2.05, 4.69) is 6.92 Å². The first-order chi connectivity index (χ1) is 7.24. The number of ether oxygens (including phenoxy) is 1. The number of urea groups is 1. The molecule has 84 valence electrons. The van der Waals surface area contributed by atoms with E-state index in [1.165, 1.54) is 0 Å². The Labute approximate surface area is 90.2 Å². The van der Waals surface area contributed by atoms with Crippen LogP contribution in [0.5, 0.6) is 0 Å². The lowest BCUT2D eigenvalue weighted by Gasteiger charge is -2.31. The van der Waals surface area contributed by atoms with Gasteiger partial charge in [0.1, 0.15) is 0 Å². The molecule has 2 bridgehead atoms. The lowest BCUT2D eigenvalue weighted by molar-refractivity contribution is 0.0377. The van der Waals surface area contributed by atoms with Crippen LogP contribution in [0.2, 0.25) is 0 Å². The number of rotatable bonds is 0. The summed E-state index contributed by atoms with van der Waals surface area (Å²) in [5.41, 5.74) is 0. The fourth-order valence-corrected chi connectivity index (χ4v) is 2.92. The number of nitrogens with zero attached hydrogens (tertiary/aromatic N) is 2. The van der Waals surface area contributed by atoms with Gasteiger partial charge in [0.05, 0.1) is 18.8 Å². The van der Waals surface area contributed by atoms with Crippen molar-refractivity contribution in [2.24, 2.45) is 5.92 Å². The number of carbonyl (C=O) groups is 1. The summed E-state index contributed by atoms with van der Waals surface area (Å²) in [5.74, 6) is 0.671. The number of amides is 2. The molecular formula is C11H18N2O2. The van der Waals surface area contributed by atoms with Gasteiger partial charge in [-0.05, 0) is 18.8 Å². The predicted molar refractivity (Wildman–Crippen MR) is 55.6 cm³/mol. The molecule has 0 saturated carbocycles. The number of morpholine rings is 1. The van der Waals surface area contributed by atoms with Crippen LogP contribution in [0.25, 0.3) is 0 Å². The first-order valence-electron chi connectivity index (χ1n) is 5.91. The summed E-state index contributed by atoms with van der Waals surface area (Å²) in [4.78, 5) is 16.2. The van der Waals surface area contributed by atoms with Gasteiger partial charge in [0.25, 0.3) is 0 Å². The van der Waals surface area contributed by atoms with Crippen molar-refractivity contribution in [3.05, 3.63) is 0 Å². The molecule has 3 aliphatic heterocycles. The molecule has 4 nitrogen and oxygen atoms in total. The van der Waals surface area contributed by atoms with Gasteiger partial charge in [0.15, 0.2) is 0 Å². The minimum Gasteiger partial charge on any atom is -0.374 e. The summed E-state index contributed by atoms with van der Waals surface area (Å²) in [5, 5.41) is 0. The maximum absolute atomic E-state index is 12.2. The van der Waals surface area contributed by atoms with E-state index in [9.17, 15) is 4.79 Å². The van der Waals surface area contributed by atoms with Gasteiger partial charge in [-0.15, -0.1) is 0 Å². The lowest BCUT2D eigenvalue weighted by Crippen LogP contribution is -2.48. The zero-order valence-corrected chi connectivity index (χ0v) is 9.19. The third-order valence-corrected chi connectivity index (χ3v) is 3.84. The second-order valence-electron chi connectivity index (χ2n) is 5.12. The SMILES string of the molecule is CC1CCN(C(=O)N2CC3CC2CO3)C1. The molecule has 0 aliphatic carbocycles. The average Bonchev–Trinajstić information content (AvgIpc) is 2.90. The first kappa shape index (κ1) is 9.46.